The van der Waals surface area contributed by atoms with E-state index in [0.717, 1.165) is 18.5 Å². The molecule has 2 rings (SSSR count). The van der Waals surface area contributed by atoms with Crippen LogP contribution in [0.25, 0.3) is 0 Å². The Bertz CT molecular complexity index is 217. The van der Waals surface area contributed by atoms with Gasteiger partial charge < -0.3 is 10.5 Å². The molecule has 2 N–H and O–H groups in total. The van der Waals surface area contributed by atoms with Crippen LogP contribution in [0.2, 0.25) is 0 Å². The van der Waals surface area contributed by atoms with E-state index in [2.05, 4.69) is 0 Å². The zero-order valence-electron chi connectivity index (χ0n) is 7.11. The largest absolute Gasteiger partial charge is 0.468 e. The van der Waals surface area contributed by atoms with E-state index in [9.17, 15) is 0 Å². The highest BCUT2D eigenvalue weighted by Crippen LogP contribution is 2.45. The zero-order valence-corrected chi connectivity index (χ0v) is 7.86. The maximum atomic E-state index is 5.82. The SMILES string of the molecule is NC1=C(Cl)OC12CCCCCC2. The Labute approximate surface area is 77.7 Å². The van der Waals surface area contributed by atoms with Crippen LogP contribution in [0.5, 0.6) is 0 Å². The number of hydrogen-bond donors (Lipinski definition) is 1. The molecule has 0 amide bonds. The van der Waals surface area contributed by atoms with E-state index in [4.69, 9.17) is 22.1 Å². The van der Waals surface area contributed by atoms with Crippen LogP contribution in [0, 0.1) is 0 Å². The average Bonchev–Trinajstić information content (AvgIpc) is 2.32. The summed E-state index contributed by atoms with van der Waals surface area (Å²) in [6.45, 7) is 0. The fourth-order valence-corrected chi connectivity index (χ4v) is 2.41. The van der Waals surface area contributed by atoms with Crippen molar-refractivity contribution in [3.05, 3.63) is 10.9 Å². The van der Waals surface area contributed by atoms with Crippen LogP contribution in [0.4, 0.5) is 0 Å². The molecular weight excluding hydrogens is 174 g/mol. The van der Waals surface area contributed by atoms with Gasteiger partial charge in [-0.15, -0.1) is 0 Å². The smallest absolute Gasteiger partial charge is 0.211 e. The Hall–Kier alpha value is -0.370. The molecule has 12 heavy (non-hydrogen) atoms. The Morgan fingerprint density at radius 1 is 1.17 bits per heavy atom. The zero-order chi connectivity index (χ0) is 8.60. The van der Waals surface area contributed by atoms with Gasteiger partial charge in [-0.25, -0.2) is 0 Å². The van der Waals surface area contributed by atoms with Crippen molar-refractivity contribution in [3.63, 3.8) is 0 Å². The predicted molar refractivity (Wildman–Crippen MR) is 48.6 cm³/mol. The summed E-state index contributed by atoms with van der Waals surface area (Å²) in [5.74, 6) is 0. The third-order valence-electron chi connectivity index (χ3n) is 2.90. The van der Waals surface area contributed by atoms with Gasteiger partial charge in [-0.1, -0.05) is 12.8 Å². The second kappa shape index (κ2) is 2.84. The van der Waals surface area contributed by atoms with Crippen molar-refractivity contribution >= 4 is 11.6 Å². The molecular formula is C9H14ClNO. The highest BCUT2D eigenvalue weighted by atomic mass is 35.5. The first-order chi connectivity index (χ1) is 5.75. The third kappa shape index (κ3) is 1.09. The standard InChI is InChI=1S/C9H14ClNO/c10-8-7(11)9(12-8)5-3-1-2-4-6-9/h1-6,11H2. The van der Waals surface area contributed by atoms with Crippen molar-refractivity contribution in [3.8, 4) is 0 Å². The van der Waals surface area contributed by atoms with Crippen molar-refractivity contribution < 1.29 is 4.74 Å². The quantitative estimate of drug-likeness (QED) is 0.633. The molecule has 2 aliphatic rings. The van der Waals surface area contributed by atoms with Crippen LogP contribution in [-0.2, 0) is 4.74 Å². The second-order valence-electron chi connectivity index (χ2n) is 3.70. The summed E-state index contributed by atoms with van der Waals surface area (Å²) in [4.78, 5) is 0. The van der Waals surface area contributed by atoms with Crippen molar-refractivity contribution in [2.75, 3.05) is 0 Å². The molecule has 1 spiro atoms. The third-order valence-corrected chi connectivity index (χ3v) is 3.18. The lowest BCUT2D eigenvalue weighted by Gasteiger charge is -2.41. The molecule has 0 saturated heterocycles. The topological polar surface area (TPSA) is 35.2 Å². The lowest BCUT2D eigenvalue weighted by molar-refractivity contribution is -0.0187. The van der Waals surface area contributed by atoms with Gasteiger partial charge in [0.05, 0.1) is 0 Å². The molecule has 1 aliphatic carbocycles. The second-order valence-corrected chi connectivity index (χ2v) is 4.04. The highest BCUT2D eigenvalue weighted by Gasteiger charge is 2.45. The summed E-state index contributed by atoms with van der Waals surface area (Å²) >= 11 is 5.71. The maximum Gasteiger partial charge on any atom is 0.211 e. The first-order valence-electron chi connectivity index (χ1n) is 4.59. The van der Waals surface area contributed by atoms with Gasteiger partial charge in [-0.05, 0) is 37.3 Å². The van der Waals surface area contributed by atoms with Crippen LogP contribution in [0.1, 0.15) is 38.5 Å². The molecule has 0 aromatic heterocycles. The summed E-state index contributed by atoms with van der Waals surface area (Å²) in [6, 6.07) is 0. The summed E-state index contributed by atoms with van der Waals surface area (Å²) in [5.41, 5.74) is 6.45. The first kappa shape index (κ1) is 8.24. The predicted octanol–water partition coefficient (Wildman–Crippen LogP) is 2.48. The Kier molecular flexibility index (Phi) is 1.95. The van der Waals surface area contributed by atoms with E-state index < -0.39 is 0 Å². The minimum absolute atomic E-state index is 0.159. The monoisotopic (exact) mass is 187 g/mol. The molecule has 2 nitrogen and oxygen atoms in total. The lowest BCUT2D eigenvalue weighted by atomic mass is 9.88. The van der Waals surface area contributed by atoms with Gasteiger partial charge in [-0.3, -0.25) is 0 Å². The van der Waals surface area contributed by atoms with Crippen molar-refractivity contribution in [2.24, 2.45) is 5.73 Å². The summed E-state index contributed by atoms with van der Waals surface area (Å²) < 4.78 is 5.48. The van der Waals surface area contributed by atoms with Crippen LogP contribution in [0.15, 0.2) is 10.9 Å². The van der Waals surface area contributed by atoms with Gasteiger partial charge in [-0.2, -0.15) is 0 Å². The van der Waals surface area contributed by atoms with E-state index in [1.54, 1.807) is 0 Å². The Morgan fingerprint density at radius 2 is 1.75 bits per heavy atom. The molecule has 1 heterocycles. The summed E-state index contributed by atoms with van der Waals surface area (Å²) in [6.07, 6.45) is 7.13. The number of nitrogens with two attached hydrogens (primary N) is 1. The molecule has 3 heteroatoms. The number of hydrogen-bond acceptors (Lipinski definition) is 2. The molecule has 1 fully saturated rings. The summed E-state index contributed by atoms with van der Waals surface area (Å²) in [5, 5.41) is 0.428. The normalized spacial score (nSPS) is 27.8. The molecule has 68 valence electrons. The summed E-state index contributed by atoms with van der Waals surface area (Å²) in [7, 11) is 0. The van der Waals surface area contributed by atoms with Crippen LogP contribution in [-0.4, -0.2) is 5.60 Å². The van der Waals surface area contributed by atoms with Gasteiger partial charge in [0.15, 0.2) is 5.60 Å². The first-order valence-corrected chi connectivity index (χ1v) is 4.97. The molecule has 0 aromatic carbocycles. The molecule has 1 saturated carbocycles. The van der Waals surface area contributed by atoms with Crippen molar-refractivity contribution in [1.82, 2.24) is 0 Å². The number of halogens is 1. The highest BCUT2D eigenvalue weighted by molar-refractivity contribution is 6.29. The lowest BCUT2D eigenvalue weighted by Crippen LogP contribution is -2.45. The number of ether oxygens (including phenoxy) is 1. The van der Waals surface area contributed by atoms with Crippen LogP contribution < -0.4 is 5.73 Å². The van der Waals surface area contributed by atoms with E-state index in [-0.39, 0.29) is 5.60 Å². The molecule has 0 bridgehead atoms. The van der Waals surface area contributed by atoms with E-state index in [1.165, 1.54) is 25.7 Å². The molecule has 0 unspecified atom stereocenters. The van der Waals surface area contributed by atoms with E-state index in [1.807, 2.05) is 0 Å². The van der Waals surface area contributed by atoms with Crippen molar-refractivity contribution in [2.45, 2.75) is 44.1 Å². The maximum absolute atomic E-state index is 5.82. The molecule has 0 radical (unpaired) electrons. The van der Waals surface area contributed by atoms with Crippen LogP contribution in [0.3, 0.4) is 0 Å². The van der Waals surface area contributed by atoms with Gasteiger partial charge in [0.1, 0.15) is 5.70 Å². The molecule has 0 aromatic rings. The van der Waals surface area contributed by atoms with Gasteiger partial charge >= 0.3 is 0 Å². The molecule has 0 atom stereocenters. The molecule has 1 aliphatic heterocycles. The van der Waals surface area contributed by atoms with Crippen molar-refractivity contribution in [1.29, 1.82) is 0 Å². The average molecular weight is 188 g/mol. The fraction of sp³-hybridized carbons (Fsp3) is 0.778. The minimum Gasteiger partial charge on any atom is -0.468 e. The minimum atomic E-state index is -0.159. The van der Waals surface area contributed by atoms with Gasteiger partial charge in [0.2, 0.25) is 5.22 Å². The number of rotatable bonds is 0. The van der Waals surface area contributed by atoms with Crippen LogP contribution >= 0.6 is 11.6 Å². The van der Waals surface area contributed by atoms with Gasteiger partial charge in [0.25, 0.3) is 0 Å². The van der Waals surface area contributed by atoms with Gasteiger partial charge in [0, 0.05) is 0 Å². The Morgan fingerprint density at radius 3 is 2.17 bits per heavy atom. The van der Waals surface area contributed by atoms with E-state index in [0.29, 0.717) is 5.22 Å². The fourth-order valence-electron chi connectivity index (χ4n) is 2.09. The Balaban J connectivity index is 2.12. The van der Waals surface area contributed by atoms with E-state index >= 15 is 0 Å².